The minimum atomic E-state index is 0.0714. The van der Waals surface area contributed by atoms with Crippen molar-refractivity contribution in [2.24, 2.45) is 0 Å². The number of nitrogens with one attached hydrogen (secondary N) is 1. The molecule has 1 aromatic carbocycles. The number of amides is 1. The molecule has 1 amide bonds. The van der Waals surface area contributed by atoms with E-state index in [1.165, 1.54) is 0 Å². The molecule has 0 spiro atoms. The molecule has 2 rings (SSSR count). The van der Waals surface area contributed by atoms with Gasteiger partial charge in [0.2, 0.25) is 5.91 Å². The molecule has 100 valence electrons. The monoisotopic (exact) mass is 258 g/mol. The van der Waals surface area contributed by atoms with Gasteiger partial charge < -0.3 is 10.1 Å². The van der Waals surface area contributed by atoms with E-state index in [0.717, 1.165) is 23.1 Å². The molecule has 1 heterocycles. The highest BCUT2D eigenvalue weighted by Crippen LogP contribution is 2.22. The SMILES string of the molecule is CCCC(=O)NCCOc1cccc2cccnc12. The lowest BCUT2D eigenvalue weighted by atomic mass is 10.2. The number of benzene rings is 1. The van der Waals surface area contributed by atoms with E-state index in [2.05, 4.69) is 10.3 Å². The number of fused-ring (bicyclic) bond motifs is 1. The second-order valence-corrected chi connectivity index (χ2v) is 4.28. The third-order valence-electron chi connectivity index (χ3n) is 2.75. The fourth-order valence-electron chi connectivity index (χ4n) is 1.86. The molecule has 0 aliphatic heterocycles. The Hall–Kier alpha value is -2.10. The summed E-state index contributed by atoms with van der Waals surface area (Å²) in [5.74, 6) is 0.824. The van der Waals surface area contributed by atoms with Gasteiger partial charge >= 0.3 is 0 Å². The highest BCUT2D eigenvalue weighted by molar-refractivity contribution is 5.84. The van der Waals surface area contributed by atoms with Gasteiger partial charge in [-0.1, -0.05) is 25.1 Å². The van der Waals surface area contributed by atoms with E-state index in [0.29, 0.717) is 19.6 Å². The van der Waals surface area contributed by atoms with Crippen LogP contribution in [-0.2, 0) is 4.79 Å². The van der Waals surface area contributed by atoms with Crippen LogP contribution in [0.25, 0.3) is 10.9 Å². The van der Waals surface area contributed by atoms with Crippen LogP contribution in [0.5, 0.6) is 5.75 Å². The summed E-state index contributed by atoms with van der Waals surface area (Å²) in [4.78, 5) is 15.6. The zero-order chi connectivity index (χ0) is 13.5. The largest absolute Gasteiger partial charge is 0.489 e. The maximum Gasteiger partial charge on any atom is 0.220 e. The second kappa shape index (κ2) is 6.73. The first-order valence-electron chi connectivity index (χ1n) is 6.54. The standard InChI is InChI=1S/C15H18N2O2/c1-2-5-14(18)16-10-11-19-13-8-3-6-12-7-4-9-17-15(12)13/h3-4,6-9H,2,5,10-11H2,1H3,(H,16,18). The predicted molar refractivity (Wildman–Crippen MR) is 75.2 cm³/mol. The Balaban J connectivity index is 1.90. The Morgan fingerprint density at radius 1 is 1.32 bits per heavy atom. The summed E-state index contributed by atoms with van der Waals surface area (Å²) >= 11 is 0. The molecule has 19 heavy (non-hydrogen) atoms. The highest BCUT2D eigenvalue weighted by atomic mass is 16.5. The summed E-state index contributed by atoms with van der Waals surface area (Å²) in [6.45, 7) is 2.95. The number of pyridine rings is 1. The van der Waals surface area contributed by atoms with E-state index in [-0.39, 0.29) is 5.91 Å². The Morgan fingerprint density at radius 3 is 3.00 bits per heavy atom. The molecule has 0 bridgehead atoms. The van der Waals surface area contributed by atoms with Crippen molar-refractivity contribution >= 4 is 16.8 Å². The number of hydrogen-bond acceptors (Lipinski definition) is 3. The van der Waals surface area contributed by atoms with Gasteiger partial charge in [0, 0.05) is 18.0 Å². The lowest BCUT2D eigenvalue weighted by Gasteiger charge is -2.09. The molecular formula is C15H18N2O2. The normalized spacial score (nSPS) is 10.4. The molecule has 1 aromatic heterocycles. The molecule has 0 atom stereocenters. The number of carbonyl (C=O) groups excluding carboxylic acids is 1. The Kier molecular flexibility index (Phi) is 4.72. The van der Waals surface area contributed by atoms with E-state index in [4.69, 9.17) is 4.74 Å². The van der Waals surface area contributed by atoms with Crippen LogP contribution in [0.2, 0.25) is 0 Å². The molecule has 0 unspecified atom stereocenters. The average Bonchev–Trinajstić information content (AvgIpc) is 2.44. The predicted octanol–water partition coefficient (Wildman–Crippen LogP) is 2.53. The van der Waals surface area contributed by atoms with Crippen LogP contribution in [0.1, 0.15) is 19.8 Å². The third-order valence-corrected chi connectivity index (χ3v) is 2.75. The van der Waals surface area contributed by atoms with Gasteiger partial charge in [-0.2, -0.15) is 0 Å². The number of nitrogens with zero attached hydrogens (tertiary/aromatic N) is 1. The number of hydrogen-bond donors (Lipinski definition) is 1. The smallest absolute Gasteiger partial charge is 0.220 e. The zero-order valence-electron chi connectivity index (χ0n) is 11.1. The zero-order valence-corrected chi connectivity index (χ0v) is 11.1. The molecule has 1 N–H and O–H groups in total. The minimum absolute atomic E-state index is 0.0714. The first-order chi connectivity index (χ1) is 9.31. The summed E-state index contributed by atoms with van der Waals surface area (Å²) in [5.41, 5.74) is 0.852. The number of carbonyl (C=O) groups is 1. The first kappa shape index (κ1) is 13.3. The number of para-hydroxylation sites is 1. The summed E-state index contributed by atoms with van der Waals surface area (Å²) in [5, 5.41) is 3.87. The maximum atomic E-state index is 11.3. The van der Waals surface area contributed by atoms with E-state index in [1.807, 2.05) is 37.3 Å². The van der Waals surface area contributed by atoms with Gasteiger partial charge in [-0.05, 0) is 18.6 Å². The fraction of sp³-hybridized carbons (Fsp3) is 0.333. The van der Waals surface area contributed by atoms with Crippen molar-refractivity contribution in [2.45, 2.75) is 19.8 Å². The van der Waals surface area contributed by atoms with E-state index in [9.17, 15) is 4.79 Å². The molecule has 4 heteroatoms. The summed E-state index contributed by atoms with van der Waals surface area (Å²) in [6.07, 6.45) is 3.17. The van der Waals surface area contributed by atoms with Gasteiger partial charge in [-0.3, -0.25) is 9.78 Å². The Bertz CT molecular complexity index is 549. The molecule has 0 saturated heterocycles. The number of ether oxygens (including phenoxy) is 1. The Labute approximate surface area is 112 Å². The number of aromatic nitrogens is 1. The molecule has 0 saturated carbocycles. The van der Waals surface area contributed by atoms with Crippen LogP contribution in [0.15, 0.2) is 36.5 Å². The highest BCUT2D eigenvalue weighted by Gasteiger charge is 2.03. The molecule has 2 aromatic rings. The second-order valence-electron chi connectivity index (χ2n) is 4.28. The van der Waals surface area contributed by atoms with E-state index in [1.54, 1.807) is 6.20 Å². The van der Waals surface area contributed by atoms with Gasteiger partial charge in [-0.25, -0.2) is 0 Å². The van der Waals surface area contributed by atoms with Crippen molar-refractivity contribution in [3.8, 4) is 5.75 Å². The minimum Gasteiger partial charge on any atom is -0.489 e. The van der Waals surface area contributed by atoms with Crippen molar-refractivity contribution in [1.82, 2.24) is 10.3 Å². The quantitative estimate of drug-likeness (QED) is 0.810. The van der Waals surface area contributed by atoms with E-state index < -0.39 is 0 Å². The van der Waals surface area contributed by atoms with Gasteiger partial charge in [-0.15, -0.1) is 0 Å². The lowest BCUT2D eigenvalue weighted by molar-refractivity contribution is -0.121. The van der Waals surface area contributed by atoms with Crippen LogP contribution in [0.3, 0.4) is 0 Å². The van der Waals surface area contributed by atoms with Crippen LogP contribution in [0.4, 0.5) is 0 Å². The fourth-order valence-corrected chi connectivity index (χ4v) is 1.86. The van der Waals surface area contributed by atoms with Crippen molar-refractivity contribution in [3.05, 3.63) is 36.5 Å². The van der Waals surface area contributed by atoms with Crippen LogP contribution < -0.4 is 10.1 Å². The van der Waals surface area contributed by atoms with Crippen molar-refractivity contribution in [1.29, 1.82) is 0 Å². The van der Waals surface area contributed by atoms with Crippen LogP contribution >= 0.6 is 0 Å². The van der Waals surface area contributed by atoms with Crippen LogP contribution in [0, 0.1) is 0 Å². The lowest BCUT2D eigenvalue weighted by Crippen LogP contribution is -2.27. The van der Waals surface area contributed by atoms with Crippen LogP contribution in [-0.4, -0.2) is 24.0 Å². The maximum absolute atomic E-state index is 11.3. The van der Waals surface area contributed by atoms with Gasteiger partial charge in [0.15, 0.2) is 0 Å². The summed E-state index contributed by atoms with van der Waals surface area (Å²) < 4.78 is 5.67. The molecule has 0 aliphatic rings. The van der Waals surface area contributed by atoms with Crippen molar-refractivity contribution in [3.63, 3.8) is 0 Å². The molecular weight excluding hydrogens is 240 g/mol. The van der Waals surface area contributed by atoms with Gasteiger partial charge in [0.05, 0.1) is 6.54 Å². The Morgan fingerprint density at radius 2 is 2.16 bits per heavy atom. The first-order valence-corrected chi connectivity index (χ1v) is 6.54. The molecule has 0 radical (unpaired) electrons. The summed E-state index contributed by atoms with van der Waals surface area (Å²) in [6, 6.07) is 9.73. The van der Waals surface area contributed by atoms with Crippen molar-refractivity contribution < 1.29 is 9.53 Å². The average molecular weight is 258 g/mol. The molecule has 0 aliphatic carbocycles. The molecule has 0 fully saturated rings. The molecule has 4 nitrogen and oxygen atoms in total. The van der Waals surface area contributed by atoms with E-state index >= 15 is 0 Å². The van der Waals surface area contributed by atoms with Crippen molar-refractivity contribution in [2.75, 3.05) is 13.2 Å². The van der Waals surface area contributed by atoms with Gasteiger partial charge in [0.25, 0.3) is 0 Å². The summed E-state index contributed by atoms with van der Waals surface area (Å²) in [7, 11) is 0. The topological polar surface area (TPSA) is 51.2 Å². The third kappa shape index (κ3) is 3.68. The number of rotatable bonds is 6. The van der Waals surface area contributed by atoms with Gasteiger partial charge in [0.1, 0.15) is 17.9 Å².